The maximum atomic E-state index is 12.5. The van der Waals surface area contributed by atoms with Crippen LogP contribution in [0.5, 0.6) is 0 Å². The minimum atomic E-state index is 0.0410. The number of nitrogens with zero attached hydrogens (tertiary/aromatic N) is 2. The number of carbonyl (C=O) groups excluding carboxylic acids is 1. The van der Waals surface area contributed by atoms with E-state index in [1.807, 2.05) is 67.9 Å². The molecule has 0 N–H and O–H groups in total. The van der Waals surface area contributed by atoms with Crippen molar-refractivity contribution in [2.45, 2.75) is 13.8 Å². The molecule has 0 spiro atoms. The zero-order valence-electron chi connectivity index (χ0n) is 11.1. The topological polar surface area (TPSA) is 25.2 Å². The predicted octanol–water partition coefficient (Wildman–Crippen LogP) is 3.00. The number of hydrogen-bond acceptors (Lipinski definition) is 1. The van der Waals surface area contributed by atoms with Gasteiger partial charge in [-0.1, -0.05) is 18.2 Å². The molecule has 0 saturated heterocycles. The molecule has 0 fully saturated rings. The summed E-state index contributed by atoms with van der Waals surface area (Å²) < 4.78 is 1.92. The van der Waals surface area contributed by atoms with Gasteiger partial charge in [-0.05, 0) is 38.1 Å². The maximum absolute atomic E-state index is 12.5. The molecule has 3 nitrogen and oxygen atoms in total. The molecule has 94 valence electrons. The third kappa shape index (κ3) is 2.16. The third-order valence-corrected chi connectivity index (χ3v) is 3.22. The highest BCUT2D eigenvalue weighted by Crippen LogP contribution is 2.17. The lowest BCUT2D eigenvalue weighted by molar-refractivity contribution is 0.0980. The summed E-state index contributed by atoms with van der Waals surface area (Å²) in [4.78, 5) is 14.3. The molecule has 0 saturated carbocycles. The molecule has 0 unspecified atom stereocenters. The lowest BCUT2D eigenvalue weighted by atomic mass is 10.2. The Morgan fingerprint density at radius 1 is 1.17 bits per heavy atom. The second-order valence-corrected chi connectivity index (χ2v) is 4.30. The number of benzene rings is 1. The molecule has 0 atom stereocenters. The van der Waals surface area contributed by atoms with E-state index in [2.05, 4.69) is 0 Å². The molecule has 0 aliphatic heterocycles. The van der Waals surface area contributed by atoms with E-state index in [0.717, 1.165) is 17.1 Å². The number of amides is 1. The Hall–Kier alpha value is -2.03. The van der Waals surface area contributed by atoms with Crippen LogP contribution in [0.15, 0.2) is 42.5 Å². The smallest absolute Gasteiger partial charge is 0.274 e. The van der Waals surface area contributed by atoms with Crippen molar-refractivity contribution in [2.75, 3.05) is 11.4 Å². The van der Waals surface area contributed by atoms with Gasteiger partial charge in [0.1, 0.15) is 5.69 Å². The summed E-state index contributed by atoms with van der Waals surface area (Å²) in [5.41, 5.74) is 2.74. The fourth-order valence-corrected chi connectivity index (χ4v) is 2.02. The van der Waals surface area contributed by atoms with Crippen LogP contribution in [0, 0.1) is 6.92 Å². The van der Waals surface area contributed by atoms with Crippen LogP contribution in [-0.2, 0) is 7.05 Å². The predicted molar refractivity (Wildman–Crippen MR) is 73.9 cm³/mol. The summed E-state index contributed by atoms with van der Waals surface area (Å²) in [5, 5.41) is 0. The van der Waals surface area contributed by atoms with Crippen LogP contribution in [0.3, 0.4) is 0 Å². The number of hydrogen-bond donors (Lipinski definition) is 0. The van der Waals surface area contributed by atoms with Crippen LogP contribution < -0.4 is 4.90 Å². The Bertz CT molecular complexity index is 543. The second-order valence-electron chi connectivity index (χ2n) is 4.30. The zero-order chi connectivity index (χ0) is 13.1. The minimum absolute atomic E-state index is 0.0410. The summed E-state index contributed by atoms with van der Waals surface area (Å²) in [6.45, 7) is 4.64. The number of aromatic nitrogens is 1. The van der Waals surface area contributed by atoms with Crippen molar-refractivity contribution < 1.29 is 4.79 Å². The summed E-state index contributed by atoms with van der Waals surface area (Å²) in [6.07, 6.45) is 0. The maximum Gasteiger partial charge on any atom is 0.274 e. The van der Waals surface area contributed by atoms with Gasteiger partial charge >= 0.3 is 0 Å². The van der Waals surface area contributed by atoms with Crippen LogP contribution in [0.25, 0.3) is 0 Å². The average Bonchev–Trinajstić information content (AvgIpc) is 2.72. The van der Waals surface area contributed by atoms with E-state index in [-0.39, 0.29) is 5.91 Å². The lowest BCUT2D eigenvalue weighted by Crippen LogP contribution is -2.32. The molecule has 1 heterocycles. The van der Waals surface area contributed by atoms with Crippen molar-refractivity contribution in [1.29, 1.82) is 0 Å². The molecule has 1 aromatic carbocycles. The first-order valence-corrected chi connectivity index (χ1v) is 6.14. The van der Waals surface area contributed by atoms with Gasteiger partial charge < -0.3 is 9.47 Å². The van der Waals surface area contributed by atoms with Crippen molar-refractivity contribution in [3.63, 3.8) is 0 Å². The van der Waals surface area contributed by atoms with E-state index in [1.165, 1.54) is 0 Å². The summed E-state index contributed by atoms with van der Waals surface area (Å²) in [5.74, 6) is 0.0410. The molecule has 1 amide bonds. The van der Waals surface area contributed by atoms with Gasteiger partial charge in [0.25, 0.3) is 5.91 Å². The van der Waals surface area contributed by atoms with Crippen molar-refractivity contribution in [3.05, 3.63) is 53.9 Å². The Morgan fingerprint density at radius 3 is 2.33 bits per heavy atom. The van der Waals surface area contributed by atoms with Crippen LogP contribution in [0.4, 0.5) is 5.69 Å². The lowest BCUT2D eigenvalue weighted by Gasteiger charge is -2.21. The molecule has 1 aromatic heterocycles. The van der Waals surface area contributed by atoms with E-state index in [9.17, 15) is 4.79 Å². The largest absolute Gasteiger partial charge is 0.344 e. The first-order valence-electron chi connectivity index (χ1n) is 6.14. The Labute approximate surface area is 108 Å². The normalized spacial score (nSPS) is 10.4. The van der Waals surface area contributed by atoms with E-state index in [1.54, 1.807) is 4.90 Å². The number of aryl methyl sites for hydroxylation is 1. The van der Waals surface area contributed by atoms with Gasteiger partial charge in [-0.25, -0.2) is 0 Å². The number of para-hydroxylation sites is 1. The highest BCUT2D eigenvalue weighted by atomic mass is 16.2. The highest BCUT2D eigenvalue weighted by Gasteiger charge is 2.18. The van der Waals surface area contributed by atoms with Gasteiger partial charge in [-0.2, -0.15) is 0 Å². The van der Waals surface area contributed by atoms with Gasteiger partial charge in [0.2, 0.25) is 0 Å². The molecule has 0 aliphatic rings. The van der Waals surface area contributed by atoms with Crippen molar-refractivity contribution >= 4 is 11.6 Å². The molecule has 0 aliphatic carbocycles. The standard InChI is InChI=1S/C15H18N2O/c1-4-17(13-8-6-5-7-9-13)15(18)14-11-10-12(2)16(14)3/h5-11H,4H2,1-3H3. The molecule has 2 aromatic rings. The van der Waals surface area contributed by atoms with E-state index >= 15 is 0 Å². The Morgan fingerprint density at radius 2 is 1.83 bits per heavy atom. The van der Waals surface area contributed by atoms with E-state index in [4.69, 9.17) is 0 Å². The van der Waals surface area contributed by atoms with Crippen molar-refractivity contribution in [3.8, 4) is 0 Å². The van der Waals surface area contributed by atoms with Crippen LogP contribution in [-0.4, -0.2) is 17.0 Å². The fourth-order valence-electron chi connectivity index (χ4n) is 2.02. The SMILES string of the molecule is CCN(C(=O)c1ccc(C)n1C)c1ccccc1. The van der Waals surface area contributed by atoms with Crippen LogP contribution in [0.2, 0.25) is 0 Å². The van der Waals surface area contributed by atoms with E-state index in [0.29, 0.717) is 6.54 Å². The van der Waals surface area contributed by atoms with Gasteiger partial charge in [0.05, 0.1) is 0 Å². The van der Waals surface area contributed by atoms with Crippen LogP contribution >= 0.6 is 0 Å². The molecule has 2 rings (SSSR count). The Balaban J connectivity index is 2.35. The summed E-state index contributed by atoms with van der Waals surface area (Å²) in [6, 6.07) is 13.6. The van der Waals surface area contributed by atoms with Crippen LogP contribution in [0.1, 0.15) is 23.1 Å². The van der Waals surface area contributed by atoms with Gasteiger partial charge in [0.15, 0.2) is 0 Å². The monoisotopic (exact) mass is 242 g/mol. The highest BCUT2D eigenvalue weighted by molar-refractivity contribution is 6.05. The zero-order valence-corrected chi connectivity index (χ0v) is 11.1. The fraction of sp³-hybridized carbons (Fsp3) is 0.267. The van der Waals surface area contributed by atoms with Gasteiger partial charge in [0, 0.05) is 25.0 Å². The molecular formula is C15H18N2O. The number of anilines is 1. The quantitative estimate of drug-likeness (QED) is 0.812. The van der Waals surface area contributed by atoms with Gasteiger partial charge in [-0.15, -0.1) is 0 Å². The number of carbonyl (C=O) groups is 1. The first kappa shape index (κ1) is 12.4. The Kier molecular flexibility index (Phi) is 3.51. The van der Waals surface area contributed by atoms with Gasteiger partial charge in [-0.3, -0.25) is 4.79 Å². The molecule has 0 radical (unpaired) electrons. The minimum Gasteiger partial charge on any atom is -0.344 e. The molecular weight excluding hydrogens is 224 g/mol. The van der Waals surface area contributed by atoms with Crippen molar-refractivity contribution in [1.82, 2.24) is 4.57 Å². The third-order valence-electron chi connectivity index (χ3n) is 3.22. The summed E-state index contributed by atoms with van der Waals surface area (Å²) >= 11 is 0. The summed E-state index contributed by atoms with van der Waals surface area (Å²) in [7, 11) is 1.92. The molecule has 3 heteroatoms. The molecule has 0 bridgehead atoms. The van der Waals surface area contributed by atoms with Crippen molar-refractivity contribution in [2.24, 2.45) is 7.05 Å². The number of rotatable bonds is 3. The second kappa shape index (κ2) is 5.08. The average molecular weight is 242 g/mol. The van der Waals surface area contributed by atoms with E-state index < -0.39 is 0 Å². The molecule has 18 heavy (non-hydrogen) atoms. The first-order chi connectivity index (χ1) is 8.65.